The fourth-order valence-corrected chi connectivity index (χ4v) is 2.86. The fourth-order valence-electron chi connectivity index (χ4n) is 2.86. The van der Waals surface area contributed by atoms with Crippen LogP contribution in [0.4, 0.5) is 4.79 Å². The standard InChI is InChI=1S/C15H28N2O4/c1-5-7-13(8-6-9-18)11(2)12(3)14(10-19)17(16-4)15(20)21/h9-14,16H,5-8H2,1-4H3,(H,20,21). The number of hydrogen-bond donors (Lipinski definition) is 2. The summed E-state index contributed by atoms with van der Waals surface area (Å²) in [6, 6.07) is -0.738. The molecule has 0 saturated carbocycles. The van der Waals surface area contributed by atoms with E-state index in [-0.39, 0.29) is 11.8 Å². The third-order valence-corrected chi connectivity index (χ3v) is 4.31. The molecule has 0 aromatic rings. The molecule has 0 aliphatic heterocycles. The van der Waals surface area contributed by atoms with Crippen molar-refractivity contribution in [1.82, 2.24) is 10.4 Å². The van der Waals surface area contributed by atoms with Gasteiger partial charge < -0.3 is 14.7 Å². The Hall–Kier alpha value is -1.43. The highest BCUT2D eigenvalue weighted by atomic mass is 16.4. The molecule has 0 fully saturated rings. The molecular formula is C15H28N2O4. The summed E-state index contributed by atoms with van der Waals surface area (Å²) in [4.78, 5) is 33.1. The molecule has 4 unspecified atom stereocenters. The van der Waals surface area contributed by atoms with Gasteiger partial charge in [0.15, 0.2) is 0 Å². The van der Waals surface area contributed by atoms with Gasteiger partial charge in [-0.3, -0.25) is 0 Å². The molecule has 0 aromatic carbocycles. The maximum absolute atomic E-state index is 11.3. The minimum Gasteiger partial charge on any atom is -0.464 e. The molecule has 122 valence electrons. The van der Waals surface area contributed by atoms with Crippen LogP contribution >= 0.6 is 0 Å². The van der Waals surface area contributed by atoms with Crippen molar-refractivity contribution in [3.8, 4) is 0 Å². The summed E-state index contributed by atoms with van der Waals surface area (Å²) in [5.41, 5.74) is 2.55. The van der Waals surface area contributed by atoms with Crippen LogP contribution in [0.25, 0.3) is 0 Å². The molecule has 2 N–H and O–H groups in total. The normalized spacial score (nSPS) is 16.6. The van der Waals surface area contributed by atoms with Crippen LogP contribution in [-0.4, -0.2) is 41.9 Å². The Labute approximate surface area is 126 Å². The smallest absolute Gasteiger partial charge is 0.422 e. The first-order valence-corrected chi connectivity index (χ1v) is 7.52. The van der Waals surface area contributed by atoms with E-state index in [1.807, 2.05) is 13.8 Å². The highest BCUT2D eigenvalue weighted by Crippen LogP contribution is 2.31. The summed E-state index contributed by atoms with van der Waals surface area (Å²) >= 11 is 0. The van der Waals surface area contributed by atoms with E-state index in [1.165, 1.54) is 7.05 Å². The van der Waals surface area contributed by atoms with Crippen LogP contribution in [-0.2, 0) is 9.59 Å². The third-order valence-electron chi connectivity index (χ3n) is 4.31. The summed E-state index contributed by atoms with van der Waals surface area (Å²) in [5.74, 6) is 0.328. The maximum atomic E-state index is 11.3. The lowest BCUT2D eigenvalue weighted by Crippen LogP contribution is -2.52. The van der Waals surface area contributed by atoms with Gasteiger partial charge in [0.2, 0.25) is 0 Å². The summed E-state index contributed by atoms with van der Waals surface area (Å²) in [6.45, 7) is 6.00. The number of rotatable bonds is 11. The zero-order valence-electron chi connectivity index (χ0n) is 13.4. The van der Waals surface area contributed by atoms with Gasteiger partial charge in [0.1, 0.15) is 18.6 Å². The molecule has 6 heteroatoms. The zero-order valence-corrected chi connectivity index (χ0v) is 13.4. The maximum Gasteiger partial charge on any atom is 0.422 e. The Balaban J connectivity index is 5.03. The topological polar surface area (TPSA) is 86.7 Å². The number of carbonyl (C=O) groups is 3. The summed E-state index contributed by atoms with van der Waals surface area (Å²) in [6.07, 6.45) is 3.67. The van der Waals surface area contributed by atoms with E-state index < -0.39 is 12.1 Å². The molecule has 0 aliphatic carbocycles. The summed E-state index contributed by atoms with van der Waals surface area (Å²) < 4.78 is 0. The van der Waals surface area contributed by atoms with E-state index >= 15 is 0 Å². The molecule has 0 aliphatic rings. The fraction of sp³-hybridized carbons (Fsp3) is 0.800. The monoisotopic (exact) mass is 300 g/mol. The first kappa shape index (κ1) is 19.6. The molecule has 0 radical (unpaired) electrons. The van der Waals surface area contributed by atoms with Gasteiger partial charge in [-0.2, -0.15) is 0 Å². The van der Waals surface area contributed by atoms with E-state index in [9.17, 15) is 14.4 Å². The number of nitrogens with zero attached hydrogens (tertiary/aromatic N) is 1. The van der Waals surface area contributed by atoms with E-state index in [4.69, 9.17) is 5.11 Å². The zero-order chi connectivity index (χ0) is 16.4. The van der Waals surface area contributed by atoms with Crippen LogP contribution in [0.1, 0.15) is 46.5 Å². The predicted octanol–water partition coefficient (Wildman–Crippen LogP) is 2.34. The predicted molar refractivity (Wildman–Crippen MR) is 80.8 cm³/mol. The highest BCUT2D eigenvalue weighted by Gasteiger charge is 2.33. The van der Waals surface area contributed by atoms with E-state index in [0.717, 1.165) is 30.6 Å². The molecular weight excluding hydrogens is 272 g/mol. The lowest BCUT2D eigenvalue weighted by molar-refractivity contribution is -0.115. The molecule has 0 aromatic heterocycles. The second-order valence-corrected chi connectivity index (χ2v) is 5.51. The molecule has 21 heavy (non-hydrogen) atoms. The minimum atomic E-state index is -1.17. The lowest BCUT2D eigenvalue weighted by atomic mass is 9.76. The molecule has 1 amide bonds. The number of carbonyl (C=O) groups excluding carboxylic acids is 2. The molecule has 4 atom stereocenters. The van der Waals surface area contributed by atoms with Gasteiger partial charge in [-0.05, 0) is 24.2 Å². The van der Waals surface area contributed by atoms with Crippen LogP contribution < -0.4 is 5.43 Å². The average molecular weight is 300 g/mol. The number of nitrogens with one attached hydrogen (secondary N) is 1. The van der Waals surface area contributed by atoms with Gasteiger partial charge in [-0.25, -0.2) is 15.2 Å². The van der Waals surface area contributed by atoms with E-state index in [0.29, 0.717) is 18.6 Å². The summed E-state index contributed by atoms with van der Waals surface area (Å²) in [7, 11) is 1.48. The van der Waals surface area contributed by atoms with Gasteiger partial charge in [0.25, 0.3) is 0 Å². The number of aldehydes is 2. The third kappa shape index (κ3) is 5.83. The van der Waals surface area contributed by atoms with Crippen molar-refractivity contribution in [3.05, 3.63) is 0 Å². The Kier molecular flexibility index (Phi) is 9.62. The molecule has 0 saturated heterocycles. The van der Waals surface area contributed by atoms with Crippen molar-refractivity contribution >= 4 is 18.7 Å². The van der Waals surface area contributed by atoms with E-state index in [2.05, 4.69) is 12.3 Å². The first-order valence-electron chi connectivity index (χ1n) is 7.52. The van der Waals surface area contributed by atoms with Gasteiger partial charge in [0, 0.05) is 13.5 Å². The Morgan fingerprint density at radius 3 is 2.24 bits per heavy atom. The van der Waals surface area contributed by atoms with Crippen molar-refractivity contribution in [2.45, 2.75) is 52.5 Å². The van der Waals surface area contributed by atoms with Crippen molar-refractivity contribution in [3.63, 3.8) is 0 Å². The largest absolute Gasteiger partial charge is 0.464 e. The number of hydrazine groups is 1. The molecule has 0 bridgehead atoms. The van der Waals surface area contributed by atoms with Crippen LogP contribution in [0.15, 0.2) is 0 Å². The highest BCUT2D eigenvalue weighted by molar-refractivity contribution is 5.71. The Morgan fingerprint density at radius 2 is 1.86 bits per heavy atom. The molecule has 6 nitrogen and oxygen atoms in total. The van der Waals surface area contributed by atoms with Crippen molar-refractivity contribution < 1.29 is 19.5 Å². The van der Waals surface area contributed by atoms with Gasteiger partial charge in [0.05, 0.1) is 0 Å². The molecule has 0 spiro atoms. The van der Waals surface area contributed by atoms with E-state index in [1.54, 1.807) is 0 Å². The van der Waals surface area contributed by atoms with Crippen molar-refractivity contribution in [2.24, 2.45) is 17.8 Å². The molecule has 0 rings (SSSR count). The number of amides is 1. The van der Waals surface area contributed by atoms with Crippen LogP contribution in [0, 0.1) is 17.8 Å². The quantitative estimate of drug-likeness (QED) is 0.452. The van der Waals surface area contributed by atoms with Gasteiger partial charge in [-0.1, -0.05) is 33.6 Å². The van der Waals surface area contributed by atoms with Gasteiger partial charge in [-0.15, -0.1) is 0 Å². The Morgan fingerprint density at radius 1 is 1.24 bits per heavy atom. The SMILES string of the molecule is CCCC(CCC=O)C(C)C(C)C(C=O)N(NC)C(=O)O. The Bertz CT molecular complexity index is 336. The number of hydrogen-bond acceptors (Lipinski definition) is 4. The van der Waals surface area contributed by atoms with Crippen molar-refractivity contribution in [2.75, 3.05) is 7.05 Å². The lowest BCUT2D eigenvalue weighted by Gasteiger charge is -2.35. The van der Waals surface area contributed by atoms with Crippen LogP contribution in [0.3, 0.4) is 0 Å². The average Bonchev–Trinajstić information content (AvgIpc) is 2.46. The van der Waals surface area contributed by atoms with Gasteiger partial charge >= 0.3 is 6.09 Å². The first-order chi connectivity index (χ1) is 9.94. The number of carboxylic acid groups (broad SMARTS) is 1. The van der Waals surface area contributed by atoms with Crippen LogP contribution in [0.5, 0.6) is 0 Å². The second kappa shape index (κ2) is 10.3. The van der Waals surface area contributed by atoms with Crippen LogP contribution in [0.2, 0.25) is 0 Å². The molecule has 0 heterocycles. The summed E-state index contributed by atoms with van der Waals surface area (Å²) in [5, 5.41) is 10.1. The minimum absolute atomic E-state index is 0.130. The van der Waals surface area contributed by atoms with Crippen molar-refractivity contribution in [1.29, 1.82) is 0 Å². The second-order valence-electron chi connectivity index (χ2n) is 5.51.